The van der Waals surface area contributed by atoms with E-state index >= 15 is 0 Å². The lowest BCUT2D eigenvalue weighted by atomic mass is 10.2. The summed E-state index contributed by atoms with van der Waals surface area (Å²) in [6.45, 7) is 2.77. The van der Waals surface area contributed by atoms with Gasteiger partial charge in [0.15, 0.2) is 5.65 Å². The van der Waals surface area contributed by atoms with Crippen LogP contribution in [0.3, 0.4) is 0 Å². The summed E-state index contributed by atoms with van der Waals surface area (Å²) in [5.74, 6) is 0.650. The van der Waals surface area contributed by atoms with Crippen LogP contribution in [-0.2, 0) is 6.54 Å². The second-order valence-corrected chi connectivity index (χ2v) is 4.69. The SMILES string of the molecule is Cc1cscc1CNc1ccc2n[nH]c(=O)n2n1. The molecule has 0 aliphatic carbocycles. The minimum absolute atomic E-state index is 0.333. The molecule has 6 nitrogen and oxygen atoms in total. The van der Waals surface area contributed by atoms with Crippen LogP contribution in [-0.4, -0.2) is 19.8 Å². The first-order valence-corrected chi connectivity index (χ1v) is 6.38. The Bertz CT molecular complexity index is 741. The van der Waals surface area contributed by atoms with Crippen molar-refractivity contribution in [1.82, 2.24) is 19.8 Å². The Morgan fingerprint density at radius 2 is 2.33 bits per heavy atom. The molecule has 0 aromatic carbocycles. The Morgan fingerprint density at radius 3 is 3.11 bits per heavy atom. The molecule has 0 amide bonds. The molecule has 0 aliphatic rings. The molecule has 0 saturated carbocycles. The average molecular weight is 261 g/mol. The monoisotopic (exact) mass is 261 g/mol. The summed E-state index contributed by atoms with van der Waals surface area (Å²) in [7, 11) is 0. The molecule has 0 saturated heterocycles. The van der Waals surface area contributed by atoms with Gasteiger partial charge in [-0.15, -0.1) is 5.10 Å². The standard InChI is InChI=1S/C11H11N5OS/c1-7-5-18-6-8(7)4-12-9-2-3-10-13-14-11(17)16(10)15-9/h2-3,5-6H,4H2,1H3,(H,12,15)(H,14,17). The zero-order valence-electron chi connectivity index (χ0n) is 9.67. The molecule has 3 aromatic heterocycles. The van der Waals surface area contributed by atoms with E-state index in [0.29, 0.717) is 18.0 Å². The molecule has 3 heterocycles. The van der Waals surface area contributed by atoms with Crippen LogP contribution in [0.5, 0.6) is 0 Å². The Balaban J connectivity index is 1.84. The molecule has 0 atom stereocenters. The van der Waals surface area contributed by atoms with Gasteiger partial charge in [-0.05, 0) is 40.9 Å². The zero-order chi connectivity index (χ0) is 12.5. The number of rotatable bonds is 3. The molecule has 18 heavy (non-hydrogen) atoms. The third kappa shape index (κ3) is 1.88. The average Bonchev–Trinajstić information content (AvgIpc) is 2.94. The summed E-state index contributed by atoms with van der Waals surface area (Å²) in [4.78, 5) is 11.4. The van der Waals surface area contributed by atoms with Gasteiger partial charge in [0.1, 0.15) is 5.82 Å². The number of thiophene rings is 1. The van der Waals surface area contributed by atoms with Crippen molar-refractivity contribution >= 4 is 22.8 Å². The number of hydrogen-bond donors (Lipinski definition) is 2. The molecular formula is C11H11N5OS. The Hall–Kier alpha value is -2.15. The van der Waals surface area contributed by atoms with Crippen LogP contribution in [0, 0.1) is 6.92 Å². The molecule has 0 spiro atoms. The summed E-state index contributed by atoms with van der Waals surface area (Å²) in [6, 6.07) is 3.55. The van der Waals surface area contributed by atoms with Gasteiger partial charge in [0.05, 0.1) is 0 Å². The fourth-order valence-corrected chi connectivity index (χ4v) is 2.51. The molecule has 0 unspecified atom stereocenters. The lowest BCUT2D eigenvalue weighted by Gasteiger charge is -2.04. The van der Waals surface area contributed by atoms with Crippen molar-refractivity contribution in [1.29, 1.82) is 0 Å². The fourth-order valence-electron chi connectivity index (χ4n) is 1.65. The second-order valence-electron chi connectivity index (χ2n) is 3.95. The number of aryl methyl sites for hydroxylation is 1. The maximum atomic E-state index is 11.4. The maximum absolute atomic E-state index is 11.4. The van der Waals surface area contributed by atoms with E-state index in [0.717, 1.165) is 0 Å². The summed E-state index contributed by atoms with van der Waals surface area (Å²) in [5.41, 5.74) is 2.67. The minimum atomic E-state index is -0.333. The van der Waals surface area contributed by atoms with Gasteiger partial charge in [-0.2, -0.15) is 21.0 Å². The van der Waals surface area contributed by atoms with Crippen molar-refractivity contribution in [3.05, 3.63) is 44.5 Å². The van der Waals surface area contributed by atoms with E-state index in [2.05, 4.69) is 38.3 Å². The van der Waals surface area contributed by atoms with Gasteiger partial charge in [0, 0.05) is 6.54 Å². The van der Waals surface area contributed by atoms with Gasteiger partial charge < -0.3 is 5.32 Å². The number of aromatic nitrogens is 4. The highest BCUT2D eigenvalue weighted by Gasteiger charge is 2.03. The Morgan fingerprint density at radius 1 is 1.44 bits per heavy atom. The van der Waals surface area contributed by atoms with Crippen LogP contribution in [0.1, 0.15) is 11.1 Å². The van der Waals surface area contributed by atoms with E-state index < -0.39 is 0 Å². The highest BCUT2D eigenvalue weighted by molar-refractivity contribution is 7.08. The van der Waals surface area contributed by atoms with Crippen LogP contribution >= 0.6 is 11.3 Å². The molecule has 0 radical (unpaired) electrons. The second kappa shape index (κ2) is 4.26. The van der Waals surface area contributed by atoms with Crippen molar-refractivity contribution < 1.29 is 0 Å². The quantitative estimate of drug-likeness (QED) is 0.747. The van der Waals surface area contributed by atoms with E-state index in [1.807, 2.05) is 0 Å². The van der Waals surface area contributed by atoms with Crippen LogP contribution in [0.15, 0.2) is 27.7 Å². The van der Waals surface area contributed by atoms with E-state index in [1.54, 1.807) is 23.5 Å². The topological polar surface area (TPSA) is 75.1 Å². The van der Waals surface area contributed by atoms with E-state index in [-0.39, 0.29) is 5.69 Å². The summed E-state index contributed by atoms with van der Waals surface area (Å²) in [6.07, 6.45) is 0. The van der Waals surface area contributed by atoms with Crippen molar-refractivity contribution in [2.75, 3.05) is 5.32 Å². The number of H-pyrrole nitrogens is 1. The predicted octanol–water partition coefficient (Wildman–Crippen LogP) is 1.40. The van der Waals surface area contributed by atoms with Crippen molar-refractivity contribution in [2.45, 2.75) is 13.5 Å². The molecule has 3 rings (SSSR count). The summed E-state index contributed by atoms with van der Waals surface area (Å²) in [5, 5.41) is 17.7. The largest absolute Gasteiger partial charge is 0.365 e. The highest BCUT2D eigenvalue weighted by Crippen LogP contribution is 2.15. The van der Waals surface area contributed by atoms with Gasteiger partial charge in [-0.3, -0.25) is 0 Å². The molecular weight excluding hydrogens is 250 g/mol. The van der Waals surface area contributed by atoms with Crippen LogP contribution in [0.25, 0.3) is 5.65 Å². The molecule has 92 valence electrons. The number of nitrogens with zero attached hydrogens (tertiary/aromatic N) is 3. The Kier molecular flexibility index (Phi) is 2.60. The number of hydrogen-bond acceptors (Lipinski definition) is 5. The van der Waals surface area contributed by atoms with Crippen LogP contribution < -0.4 is 11.0 Å². The number of anilines is 1. The first kappa shape index (κ1) is 11.0. The zero-order valence-corrected chi connectivity index (χ0v) is 10.5. The van der Waals surface area contributed by atoms with E-state index in [4.69, 9.17) is 0 Å². The normalized spacial score (nSPS) is 10.9. The van der Waals surface area contributed by atoms with Gasteiger partial charge in [0.2, 0.25) is 0 Å². The van der Waals surface area contributed by atoms with Crippen LogP contribution in [0.4, 0.5) is 5.82 Å². The molecule has 2 N–H and O–H groups in total. The number of nitrogens with one attached hydrogen (secondary N) is 2. The van der Waals surface area contributed by atoms with Gasteiger partial charge in [-0.1, -0.05) is 0 Å². The summed E-state index contributed by atoms with van der Waals surface area (Å²) < 4.78 is 1.24. The summed E-state index contributed by atoms with van der Waals surface area (Å²) >= 11 is 1.68. The number of fused-ring (bicyclic) bond motifs is 1. The molecule has 0 bridgehead atoms. The van der Waals surface area contributed by atoms with Gasteiger partial charge in [-0.25, -0.2) is 9.89 Å². The fraction of sp³-hybridized carbons (Fsp3) is 0.182. The smallest absolute Gasteiger partial charge is 0.364 e. The Labute approximate surface area is 106 Å². The molecule has 0 aliphatic heterocycles. The third-order valence-corrected chi connectivity index (χ3v) is 3.61. The third-order valence-electron chi connectivity index (χ3n) is 2.70. The van der Waals surface area contributed by atoms with Crippen molar-refractivity contribution in [2.24, 2.45) is 0 Å². The lowest BCUT2D eigenvalue weighted by Crippen LogP contribution is -2.14. The van der Waals surface area contributed by atoms with Crippen LogP contribution in [0.2, 0.25) is 0 Å². The van der Waals surface area contributed by atoms with Crippen molar-refractivity contribution in [3.63, 3.8) is 0 Å². The van der Waals surface area contributed by atoms with Crippen molar-refractivity contribution in [3.8, 4) is 0 Å². The lowest BCUT2D eigenvalue weighted by molar-refractivity contribution is 0.875. The number of aromatic amines is 1. The minimum Gasteiger partial charge on any atom is -0.365 e. The first-order valence-electron chi connectivity index (χ1n) is 5.44. The highest BCUT2D eigenvalue weighted by atomic mass is 32.1. The van der Waals surface area contributed by atoms with Gasteiger partial charge >= 0.3 is 5.69 Å². The predicted molar refractivity (Wildman–Crippen MR) is 70.0 cm³/mol. The van der Waals surface area contributed by atoms with E-state index in [1.165, 1.54) is 15.6 Å². The maximum Gasteiger partial charge on any atom is 0.364 e. The molecule has 7 heteroatoms. The molecule has 0 fully saturated rings. The molecule has 3 aromatic rings. The first-order chi connectivity index (χ1) is 8.74. The van der Waals surface area contributed by atoms with E-state index in [9.17, 15) is 4.79 Å². The van der Waals surface area contributed by atoms with Gasteiger partial charge in [0.25, 0.3) is 0 Å².